The molecule has 3 heteroatoms. The summed E-state index contributed by atoms with van der Waals surface area (Å²) >= 11 is 0. The standard InChI is InChI=1S/C15H17NO2/c1-3-16-14(15(17)18-2)13-9-8-11-6-4-5-7-12(11)10-13/h4-10,14,16H,3H2,1-2H3. The van der Waals surface area contributed by atoms with Gasteiger partial charge in [-0.05, 0) is 28.9 Å². The number of fused-ring (bicyclic) bond motifs is 1. The third-order valence-electron chi connectivity index (χ3n) is 2.95. The highest BCUT2D eigenvalue weighted by atomic mass is 16.5. The van der Waals surface area contributed by atoms with Crippen molar-refractivity contribution in [2.75, 3.05) is 13.7 Å². The lowest BCUT2D eigenvalue weighted by Crippen LogP contribution is -2.29. The Hall–Kier alpha value is -1.87. The normalized spacial score (nSPS) is 12.3. The first-order valence-corrected chi connectivity index (χ1v) is 6.06. The van der Waals surface area contributed by atoms with Crippen LogP contribution < -0.4 is 5.32 Å². The van der Waals surface area contributed by atoms with Crippen molar-refractivity contribution in [3.63, 3.8) is 0 Å². The smallest absolute Gasteiger partial charge is 0.327 e. The Kier molecular flexibility index (Phi) is 3.95. The molecular weight excluding hydrogens is 226 g/mol. The van der Waals surface area contributed by atoms with Crippen LogP contribution in [0.25, 0.3) is 10.8 Å². The SMILES string of the molecule is CCNC(C(=O)OC)c1ccc2ccccc2c1. The first kappa shape index (κ1) is 12.6. The van der Waals surface area contributed by atoms with Crippen LogP contribution in [-0.2, 0) is 9.53 Å². The summed E-state index contributed by atoms with van der Waals surface area (Å²) in [6, 6.07) is 13.7. The molecule has 0 aliphatic carbocycles. The molecule has 0 heterocycles. The van der Waals surface area contributed by atoms with Gasteiger partial charge in [0.2, 0.25) is 0 Å². The number of carbonyl (C=O) groups excluding carboxylic acids is 1. The van der Waals surface area contributed by atoms with E-state index in [2.05, 4.69) is 11.4 Å². The summed E-state index contributed by atoms with van der Waals surface area (Å²) in [6.07, 6.45) is 0. The second-order valence-corrected chi connectivity index (χ2v) is 4.12. The van der Waals surface area contributed by atoms with E-state index in [9.17, 15) is 4.79 Å². The number of carbonyl (C=O) groups is 1. The van der Waals surface area contributed by atoms with Crippen LogP contribution in [-0.4, -0.2) is 19.6 Å². The summed E-state index contributed by atoms with van der Waals surface area (Å²) in [5.41, 5.74) is 0.933. The molecule has 18 heavy (non-hydrogen) atoms. The predicted molar refractivity (Wildman–Crippen MR) is 72.4 cm³/mol. The second kappa shape index (κ2) is 5.65. The van der Waals surface area contributed by atoms with Crippen molar-refractivity contribution in [1.82, 2.24) is 5.32 Å². The van der Waals surface area contributed by atoms with Crippen LogP contribution in [0.5, 0.6) is 0 Å². The van der Waals surface area contributed by atoms with Crippen molar-refractivity contribution >= 4 is 16.7 Å². The maximum Gasteiger partial charge on any atom is 0.327 e. The van der Waals surface area contributed by atoms with Gasteiger partial charge >= 0.3 is 5.97 Å². The minimum absolute atomic E-state index is 0.257. The van der Waals surface area contributed by atoms with Crippen LogP contribution in [0.4, 0.5) is 0 Å². The summed E-state index contributed by atoms with van der Waals surface area (Å²) in [5.74, 6) is -0.257. The molecule has 2 rings (SSSR count). The first-order chi connectivity index (χ1) is 8.76. The average molecular weight is 243 g/mol. The number of methoxy groups -OCH3 is 1. The molecule has 3 nitrogen and oxygen atoms in total. The summed E-state index contributed by atoms with van der Waals surface area (Å²) in [7, 11) is 1.41. The van der Waals surface area contributed by atoms with E-state index in [1.165, 1.54) is 12.5 Å². The van der Waals surface area contributed by atoms with Crippen LogP contribution in [0.3, 0.4) is 0 Å². The van der Waals surface area contributed by atoms with Crippen LogP contribution >= 0.6 is 0 Å². The van der Waals surface area contributed by atoms with Gasteiger partial charge in [0.05, 0.1) is 7.11 Å². The molecule has 0 aliphatic rings. The van der Waals surface area contributed by atoms with Crippen LogP contribution in [0.1, 0.15) is 18.5 Å². The summed E-state index contributed by atoms with van der Waals surface area (Å²) in [4.78, 5) is 11.8. The maximum atomic E-state index is 11.8. The Balaban J connectivity index is 2.41. The molecule has 0 aromatic heterocycles. The van der Waals surface area contributed by atoms with Gasteiger partial charge in [0.15, 0.2) is 0 Å². The minimum atomic E-state index is -0.399. The van der Waals surface area contributed by atoms with E-state index in [1.807, 2.05) is 43.3 Å². The number of benzene rings is 2. The molecule has 0 saturated heterocycles. The van der Waals surface area contributed by atoms with Gasteiger partial charge in [0, 0.05) is 0 Å². The molecule has 0 saturated carbocycles. The number of hydrogen-bond acceptors (Lipinski definition) is 3. The fourth-order valence-electron chi connectivity index (χ4n) is 2.05. The van der Waals surface area contributed by atoms with Crippen LogP contribution in [0.15, 0.2) is 42.5 Å². The monoisotopic (exact) mass is 243 g/mol. The van der Waals surface area contributed by atoms with Gasteiger partial charge in [-0.2, -0.15) is 0 Å². The molecular formula is C15H17NO2. The number of nitrogens with one attached hydrogen (secondary N) is 1. The molecule has 0 bridgehead atoms. The molecule has 0 aliphatic heterocycles. The molecule has 1 N–H and O–H groups in total. The average Bonchev–Trinajstić information content (AvgIpc) is 2.43. The molecule has 0 radical (unpaired) electrons. The van der Waals surface area contributed by atoms with Gasteiger partial charge in [-0.1, -0.05) is 43.3 Å². The lowest BCUT2D eigenvalue weighted by atomic mass is 10.0. The molecule has 1 atom stereocenters. The number of esters is 1. The Bertz CT molecular complexity index is 551. The Labute approximate surface area is 107 Å². The molecule has 0 fully saturated rings. The van der Waals surface area contributed by atoms with E-state index in [-0.39, 0.29) is 5.97 Å². The van der Waals surface area contributed by atoms with Gasteiger partial charge in [0.25, 0.3) is 0 Å². The van der Waals surface area contributed by atoms with Crippen LogP contribution in [0.2, 0.25) is 0 Å². The number of rotatable bonds is 4. The minimum Gasteiger partial charge on any atom is -0.468 e. The molecule has 94 valence electrons. The summed E-state index contributed by atoms with van der Waals surface area (Å²) in [6.45, 7) is 2.68. The fourth-order valence-corrected chi connectivity index (χ4v) is 2.05. The van der Waals surface area contributed by atoms with Crippen LogP contribution in [0, 0.1) is 0 Å². The number of hydrogen-bond donors (Lipinski definition) is 1. The van der Waals surface area contributed by atoms with Crippen molar-refractivity contribution in [3.05, 3.63) is 48.0 Å². The highest BCUT2D eigenvalue weighted by Crippen LogP contribution is 2.21. The molecule has 1 unspecified atom stereocenters. The van der Waals surface area contributed by atoms with E-state index in [1.54, 1.807) is 0 Å². The van der Waals surface area contributed by atoms with Gasteiger partial charge in [-0.15, -0.1) is 0 Å². The molecule has 0 amide bonds. The quantitative estimate of drug-likeness (QED) is 0.839. The largest absolute Gasteiger partial charge is 0.468 e. The van der Waals surface area contributed by atoms with Crippen molar-refractivity contribution in [2.45, 2.75) is 13.0 Å². The Morgan fingerprint density at radius 3 is 2.61 bits per heavy atom. The lowest BCUT2D eigenvalue weighted by Gasteiger charge is -2.16. The van der Waals surface area contributed by atoms with E-state index in [0.717, 1.165) is 10.9 Å². The number of likely N-dealkylation sites (N-methyl/N-ethyl adjacent to an activating group) is 1. The number of ether oxygens (including phenoxy) is 1. The zero-order chi connectivity index (χ0) is 13.0. The zero-order valence-electron chi connectivity index (χ0n) is 10.6. The molecule has 2 aromatic rings. The third-order valence-corrected chi connectivity index (χ3v) is 2.95. The Morgan fingerprint density at radius 1 is 1.22 bits per heavy atom. The highest BCUT2D eigenvalue weighted by molar-refractivity contribution is 5.85. The predicted octanol–water partition coefficient (Wildman–Crippen LogP) is 2.66. The lowest BCUT2D eigenvalue weighted by molar-refractivity contribution is -0.143. The van der Waals surface area contributed by atoms with Gasteiger partial charge in [0.1, 0.15) is 6.04 Å². The van der Waals surface area contributed by atoms with E-state index in [4.69, 9.17) is 4.74 Å². The fraction of sp³-hybridized carbons (Fsp3) is 0.267. The molecule has 2 aromatic carbocycles. The highest BCUT2D eigenvalue weighted by Gasteiger charge is 2.20. The second-order valence-electron chi connectivity index (χ2n) is 4.12. The van der Waals surface area contributed by atoms with E-state index in [0.29, 0.717) is 6.54 Å². The van der Waals surface area contributed by atoms with Gasteiger partial charge in [-0.3, -0.25) is 0 Å². The third kappa shape index (κ3) is 2.51. The maximum absolute atomic E-state index is 11.8. The van der Waals surface area contributed by atoms with Gasteiger partial charge in [-0.25, -0.2) is 4.79 Å². The summed E-state index contributed by atoms with van der Waals surface area (Å²) in [5, 5.41) is 5.43. The van der Waals surface area contributed by atoms with Crippen molar-refractivity contribution in [1.29, 1.82) is 0 Å². The topological polar surface area (TPSA) is 38.3 Å². The van der Waals surface area contributed by atoms with E-state index >= 15 is 0 Å². The van der Waals surface area contributed by atoms with E-state index < -0.39 is 6.04 Å². The Morgan fingerprint density at radius 2 is 1.94 bits per heavy atom. The van der Waals surface area contributed by atoms with Crippen molar-refractivity contribution in [3.8, 4) is 0 Å². The summed E-state index contributed by atoms with van der Waals surface area (Å²) < 4.78 is 4.83. The van der Waals surface area contributed by atoms with Crippen molar-refractivity contribution in [2.24, 2.45) is 0 Å². The first-order valence-electron chi connectivity index (χ1n) is 6.06. The van der Waals surface area contributed by atoms with Crippen molar-refractivity contribution < 1.29 is 9.53 Å². The zero-order valence-corrected chi connectivity index (χ0v) is 10.6. The van der Waals surface area contributed by atoms with Gasteiger partial charge < -0.3 is 10.1 Å². The molecule has 0 spiro atoms.